The first-order chi connectivity index (χ1) is 7.54. The Morgan fingerprint density at radius 1 is 1.50 bits per heavy atom. The van der Waals surface area contributed by atoms with E-state index in [1.807, 2.05) is 0 Å². The highest BCUT2D eigenvalue weighted by Crippen LogP contribution is 2.19. The van der Waals surface area contributed by atoms with Crippen LogP contribution in [0.15, 0.2) is 23.4 Å². The number of para-hydroxylation sites is 1. The van der Waals surface area contributed by atoms with Crippen LogP contribution in [-0.4, -0.2) is 24.9 Å². The molecule has 0 unspecified atom stereocenters. The number of nitrogens with zero attached hydrogens (tertiary/aromatic N) is 1. The molecule has 0 spiro atoms. The maximum atomic E-state index is 11.7. The summed E-state index contributed by atoms with van der Waals surface area (Å²) in [6.07, 6.45) is 0. The summed E-state index contributed by atoms with van der Waals surface area (Å²) in [5.74, 6) is 0. The van der Waals surface area contributed by atoms with E-state index in [9.17, 15) is 8.42 Å². The standard InChI is InChI=1S/C9H12N4O2S/c1-2-11-16(14,15)9-12-7-5-3-4-6(10)8(7)13-9/h3-5,11H,2,10H2,1H3,(H,12,13). The van der Waals surface area contributed by atoms with E-state index >= 15 is 0 Å². The van der Waals surface area contributed by atoms with Gasteiger partial charge in [0.15, 0.2) is 0 Å². The summed E-state index contributed by atoms with van der Waals surface area (Å²) in [5, 5.41) is -0.109. The first kappa shape index (κ1) is 10.9. The third-order valence-electron chi connectivity index (χ3n) is 2.11. The number of sulfonamides is 1. The van der Waals surface area contributed by atoms with Gasteiger partial charge in [-0.3, -0.25) is 0 Å². The first-order valence-corrected chi connectivity index (χ1v) is 6.27. The van der Waals surface area contributed by atoms with Crippen LogP contribution in [0.2, 0.25) is 0 Å². The van der Waals surface area contributed by atoms with E-state index < -0.39 is 10.0 Å². The van der Waals surface area contributed by atoms with Crippen LogP contribution in [0.5, 0.6) is 0 Å². The van der Waals surface area contributed by atoms with Gasteiger partial charge in [-0.05, 0) is 12.1 Å². The number of nitrogens with one attached hydrogen (secondary N) is 2. The largest absolute Gasteiger partial charge is 0.397 e. The van der Waals surface area contributed by atoms with E-state index in [0.29, 0.717) is 23.3 Å². The van der Waals surface area contributed by atoms with E-state index in [1.165, 1.54) is 0 Å². The number of nitrogen functional groups attached to an aromatic ring is 1. The van der Waals surface area contributed by atoms with Crippen molar-refractivity contribution in [2.45, 2.75) is 12.1 Å². The van der Waals surface area contributed by atoms with E-state index in [-0.39, 0.29) is 5.16 Å². The highest BCUT2D eigenvalue weighted by atomic mass is 32.2. The number of nitrogens with two attached hydrogens (primary N) is 1. The lowest BCUT2D eigenvalue weighted by atomic mass is 10.3. The molecule has 7 heteroatoms. The molecule has 0 atom stereocenters. The summed E-state index contributed by atoms with van der Waals surface area (Å²) in [6, 6.07) is 5.13. The van der Waals surface area contributed by atoms with Gasteiger partial charge in [-0.2, -0.15) is 0 Å². The Kier molecular flexibility index (Phi) is 2.56. The van der Waals surface area contributed by atoms with Crippen LogP contribution in [0.3, 0.4) is 0 Å². The molecular weight excluding hydrogens is 228 g/mol. The maximum Gasteiger partial charge on any atom is 0.274 e. The van der Waals surface area contributed by atoms with Gasteiger partial charge in [0.2, 0.25) is 5.16 Å². The molecule has 6 nitrogen and oxygen atoms in total. The minimum Gasteiger partial charge on any atom is -0.397 e. The van der Waals surface area contributed by atoms with Gasteiger partial charge >= 0.3 is 0 Å². The molecular formula is C9H12N4O2S. The normalized spacial score (nSPS) is 12.1. The second kappa shape index (κ2) is 3.76. The van der Waals surface area contributed by atoms with Gasteiger partial charge in [0.05, 0.1) is 11.2 Å². The molecule has 0 bridgehead atoms. The van der Waals surface area contributed by atoms with Crippen molar-refractivity contribution in [1.82, 2.24) is 14.7 Å². The third kappa shape index (κ3) is 1.74. The van der Waals surface area contributed by atoms with Gasteiger partial charge in [-0.1, -0.05) is 13.0 Å². The second-order valence-corrected chi connectivity index (χ2v) is 4.97. The number of aromatic nitrogens is 2. The molecule has 0 aliphatic heterocycles. The van der Waals surface area contributed by atoms with Crippen molar-refractivity contribution in [1.29, 1.82) is 0 Å². The van der Waals surface area contributed by atoms with Crippen LogP contribution in [0.1, 0.15) is 6.92 Å². The number of benzene rings is 1. The number of H-pyrrole nitrogens is 1. The average molecular weight is 240 g/mol. The molecule has 0 saturated heterocycles. The summed E-state index contributed by atoms with van der Waals surface area (Å²) in [5.41, 5.74) is 7.22. The van der Waals surface area contributed by atoms with E-state index in [0.717, 1.165) is 0 Å². The molecule has 86 valence electrons. The third-order valence-corrected chi connectivity index (χ3v) is 3.48. The van der Waals surface area contributed by atoms with Gasteiger partial charge in [-0.15, -0.1) is 0 Å². The van der Waals surface area contributed by atoms with Crippen molar-refractivity contribution in [3.63, 3.8) is 0 Å². The Balaban J connectivity index is 2.60. The number of hydrogen-bond donors (Lipinski definition) is 3. The minimum absolute atomic E-state index is 0.109. The Morgan fingerprint density at radius 3 is 2.88 bits per heavy atom. The molecule has 4 N–H and O–H groups in total. The average Bonchev–Trinajstić information content (AvgIpc) is 2.63. The highest BCUT2D eigenvalue weighted by Gasteiger charge is 2.18. The summed E-state index contributed by atoms with van der Waals surface area (Å²) in [7, 11) is -3.56. The van der Waals surface area contributed by atoms with E-state index in [4.69, 9.17) is 5.73 Å². The number of hydrogen-bond acceptors (Lipinski definition) is 4. The Hall–Kier alpha value is -1.60. The molecule has 2 rings (SSSR count). The lowest BCUT2D eigenvalue weighted by molar-refractivity contribution is 0.577. The predicted molar refractivity (Wildman–Crippen MR) is 61.4 cm³/mol. The zero-order valence-electron chi connectivity index (χ0n) is 8.69. The number of fused-ring (bicyclic) bond motifs is 1. The van der Waals surface area contributed by atoms with Crippen molar-refractivity contribution < 1.29 is 8.42 Å². The van der Waals surface area contributed by atoms with Crippen molar-refractivity contribution in [2.75, 3.05) is 12.3 Å². The predicted octanol–water partition coefficient (Wildman–Crippen LogP) is 0.443. The lowest BCUT2D eigenvalue weighted by Gasteiger charge is -1.98. The zero-order valence-corrected chi connectivity index (χ0v) is 9.50. The Morgan fingerprint density at radius 2 is 2.25 bits per heavy atom. The summed E-state index contributed by atoms with van der Waals surface area (Å²) in [4.78, 5) is 6.69. The summed E-state index contributed by atoms with van der Waals surface area (Å²) in [6.45, 7) is 2.02. The summed E-state index contributed by atoms with van der Waals surface area (Å²) >= 11 is 0. The van der Waals surface area contributed by atoms with E-state index in [1.54, 1.807) is 25.1 Å². The molecule has 16 heavy (non-hydrogen) atoms. The van der Waals surface area contributed by atoms with Crippen LogP contribution in [0, 0.1) is 0 Å². The second-order valence-electron chi connectivity index (χ2n) is 3.29. The minimum atomic E-state index is -3.56. The molecule has 0 aliphatic rings. The molecule has 1 aromatic heterocycles. The van der Waals surface area contributed by atoms with Gasteiger partial charge in [0, 0.05) is 6.54 Å². The Labute approximate surface area is 92.9 Å². The van der Waals surface area contributed by atoms with Gasteiger partial charge in [0.25, 0.3) is 10.0 Å². The molecule has 2 aromatic rings. The fourth-order valence-electron chi connectivity index (χ4n) is 1.42. The fourth-order valence-corrected chi connectivity index (χ4v) is 2.39. The van der Waals surface area contributed by atoms with Crippen molar-refractivity contribution in [3.05, 3.63) is 18.2 Å². The van der Waals surface area contributed by atoms with E-state index in [2.05, 4.69) is 14.7 Å². The van der Waals surface area contributed by atoms with Gasteiger partial charge in [-0.25, -0.2) is 18.1 Å². The zero-order chi connectivity index (χ0) is 11.8. The van der Waals surface area contributed by atoms with Crippen LogP contribution in [0.25, 0.3) is 11.0 Å². The van der Waals surface area contributed by atoms with Gasteiger partial charge < -0.3 is 10.7 Å². The van der Waals surface area contributed by atoms with Crippen LogP contribution in [-0.2, 0) is 10.0 Å². The molecule has 0 radical (unpaired) electrons. The van der Waals surface area contributed by atoms with Crippen LogP contribution >= 0.6 is 0 Å². The lowest BCUT2D eigenvalue weighted by Crippen LogP contribution is -2.24. The number of imidazole rings is 1. The van der Waals surface area contributed by atoms with Crippen molar-refractivity contribution in [2.24, 2.45) is 0 Å². The topological polar surface area (TPSA) is 101 Å². The molecule has 1 heterocycles. The molecule has 0 amide bonds. The van der Waals surface area contributed by atoms with Crippen molar-refractivity contribution >= 4 is 26.7 Å². The molecule has 0 aliphatic carbocycles. The molecule has 0 saturated carbocycles. The first-order valence-electron chi connectivity index (χ1n) is 4.78. The monoisotopic (exact) mass is 240 g/mol. The molecule has 1 aromatic carbocycles. The quantitative estimate of drug-likeness (QED) is 0.678. The Bertz CT molecular complexity index is 617. The maximum absolute atomic E-state index is 11.7. The highest BCUT2D eigenvalue weighted by molar-refractivity contribution is 7.89. The number of aromatic amines is 1. The van der Waals surface area contributed by atoms with Crippen LogP contribution < -0.4 is 10.5 Å². The number of rotatable bonds is 3. The smallest absolute Gasteiger partial charge is 0.274 e. The van der Waals surface area contributed by atoms with Crippen molar-refractivity contribution in [3.8, 4) is 0 Å². The SMILES string of the molecule is CCNS(=O)(=O)c1nc2c(N)cccc2[nH]1. The summed E-state index contributed by atoms with van der Waals surface area (Å²) < 4.78 is 25.7. The van der Waals surface area contributed by atoms with Gasteiger partial charge in [0.1, 0.15) is 5.52 Å². The fraction of sp³-hybridized carbons (Fsp3) is 0.222. The molecule has 0 fully saturated rings. The number of anilines is 1. The van der Waals surface area contributed by atoms with Crippen LogP contribution in [0.4, 0.5) is 5.69 Å².